The van der Waals surface area contributed by atoms with Crippen molar-refractivity contribution in [3.8, 4) is 5.75 Å². The van der Waals surface area contributed by atoms with Crippen molar-refractivity contribution < 1.29 is 23.9 Å². The maximum absolute atomic E-state index is 12.5. The van der Waals surface area contributed by atoms with Crippen molar-refractivity contribution in [3.05, 3.63) is 47.4 Å². The standard InChI is InChI=1S/C24H30N2O6/c1-16(2)25-14-20(15-31-22-11-7-9-19-8-5-6-10-21(19)22)32-23(29)12-13-24(26-30,17(3)27)18(4)28/h5-11,16,20,25H,12-15H2,1-4H3. The van der Waals surface area contributed by atoms with Gasteiger partial charge >= 0.3 is 5.97 Å². The van der Waals surface area contributed by atoms with Gasteiger partial charge in [-0.15, -0.1) is 4.91 Å². The monoisotopic (exact) mass is 442 g/mol. The molecule has 0 bridgehead atoms. The van der Waals surface area contributed by atoms with Crippen molar-refractivity contribution in [2.45, 2.75) is 58.2 Å². The zero-order valence-corrected chi connectivity index (χ0v) is 18.9. The lowest BCUT2D eigenvalue weighted by molar-refractivity contribution is -0.151. The molecule has 0 saturated carbocycles. The topological polar surface area (TPSA) is 111 Å². The van der Waals surface area contributed by atoms with E-state index in [0.29, 0.717) is 12.3 Å². The summed E-state index contributed by atoms with van der Waals surface area (Å²) < 4.78 is 11.5. The molecule has 172 valence electrons. The molecule has 2 aromatic carbocycles. The van der Waals surface area contributed by atoms with Crippen LogP contribution in [0.5, 0.6) is 5.75 Å². The van der Waals surface area contributed by atoms with E-state index in [2.05, 4.69) is 10.5 Å². The molecule has 0 heterocycles. The third-order valence-electron chi connectivity index (χ3n) is 5.24. The zero-order valence-electron chi connectivity index (χ0n) is 18.9. The molecule has 0 radical (unpaired) electrons. The van der Waals surface area contributed by atoms with Crippen LogP contribution in [-0.2, 0) is 19.1 Å². The number of benzene rings is 2. The van der Waals surface area contributed by atoms with Crippen LogP contribution in [0.4, 0.5) is 0 Å². The molecule has 0 aliphatic heterocycles. The Labute approximate surface area is 187 Å². The van der Waals surface area contributed by atoms with Gasteiger partial charge in [-0.1, -0.05) is 50.2 Å². The number of ether oxygens (including phenoxy) is 2. The van der Waals surface area contributed by atoms with Gasteiger partial charge in [-0.3, -0.25) is 14.4 Å². The highest BCUT2D eigenvalue weighted by Gasteiger charge is 2.43. The number of nitroso groups, excluding NO2 is 1. The Bertz CT molecular complexity index is 953. The molecule has 0 saturated heterocycles. The molecule has 0 spiro atoms. The van der Waals surface area contributed by atoms with Crippen LogP contribution in [0, 0.1) is 4.91 Å². The van der Waals surface area contributed by atoms with Gasteiger partial charge in [-0.2, -0.15) is 0 Å². The minimum absolute atomic E-state index is 0.107. The van der Waals surface area contributed by atoms with Crippen molar-refractivity contribution in [2.75, 3.05) is 13.2 Å². The molecule has 0 amide bonds. The maximum Gasteiger partial charge on any atom is 0.306 e. The highest BCUT2D eigenvalue weighted by Crippen LogP contribution is 2.25. The summed E-state index contributed by atoms with van der Waals surface area (Å²) in [5.41, 5.74) is -2.05. The number of nitrogens with zero attached hydrogens (tertiary/aromatic N) is 1. The van der Waals surface area contributed by atoms with Gasteiger partial charge in [0.15, 0.2) is 11.6 Å². The highest BCUT2D eigenvalue weighted by atomic mass is 16.6. The first-order valence-electron chi connectivity index (χ1n) is 10.6. The average molecular weight is 443 g/mol. The van der Waals surface area contributed by atoms with Crippen LogP contribution in [0.1, 0.15) is 40.5 Å². The first-order valence-corrected chi connectivity index (χ1v) is 10.6. The summed E-state index contributed by atoms with van der Waals surface area (Å²) in [4.78, 5) is 47.3. The van der Waals surface area contributed by atoms with Crippen LogP contribution in [0.2, 0.25) is 0 Å². The molecule has 1 atom stereocenters. The molecule has 0 aromatic heterocycles. The summed E-state index contributed by atoms with van der Waals surface area (Å²) in [6, 6.07) is 13.7. The molecule has 0 aliphatic carbocycles. The predicted octanol–water partition coefficient (Wildman–Crippen LogP) is 3.59. The van der Waals surface area contributed by atoms with Crippen LogP contribution in [0.3, 0.4) is 0 Å². The summed E-state index contributed by atoms with van der Waals surface area (Å²) in [6.07, 6.45) is -1.23. The molecule has 0 aliphatic rings. The highest BCUT2D eigenvalue weighted by molar-refractivity contribution is 6.10. The van der Waals surface area contributed by atoms with E-state index in [1.54, 1.807) is 0 Å². The number of carbonyl (C=O) groups is 3. The second-order valence-corrected chi connectivity index (χ2v) is 8.03. The third-order valence-corrected chi connectivity index (χ3v) is 5.24. The smallest absolute Gasteiger partial charge is 0.306 e. The first kappa shape index (κ1) is 25.1. The van der Waals surface area contributed by atoms with Gasteiger partial charge in [-0.25, -0.2) is 0 Å². The quantitative estimate of drug-likeness (QED) is 0.287. The maximum atomic E-state index is 12.5. The lowest BCUT2D eigenvalue weighted by Crippen LogP contribution is -2.43. The van der Waals surface area contributed by atoms with Crippen LogP contribution < -0.4 is 10.1 Å². The molecule has 0 fully saturated rings. The molecular weight excluding hydrogens is 412 g/mol. The summed E-state index contributed by atoms with van der Waals surface area (Å²) in [6.45, 7) is 6.62. The van der Waals surface area contributed by atoms with E-state index in [1.807, 2.05) is 56.3 Å². The number of carbonyl (C=O) groups excluding carboxylic acids is 3. The Hall–Kier alpha value is -3.13. The first-order chi connectivity index (χ1) is 15.2. The minimum Gasteiger partial charge on any atom is -0.489 e. The average Bonchev–Trinajstić information content (AvgIpc) is 2.75. The summed E-state index contributed by atoms with van der Waals surface area (Å²) >= 11 is 0. The SMILES string of the molecule is CC(=O)C(CCC(=O)OC(CNC(C)C)COc1cccc2ccccc12)(N=O)C(C)=O. The van der Waals surface area contributed by atoms with Crippen molar-refractivity contribution in [3.63, 3.8) is 0 Å². The Kier molecular flexibility index (Phi) is 9.02. The fourth-order valence-electron chi connectivity index (χ4n) is 3.31. The fraction of sp³-hybridized carbons (Fsp3) is 0.458. The largest absolute Gasteiger partial charge is 0.489 e. The van der Waals surface area contributed by atoms with E-state index < -0.39 is 29.2 Å². The zero-order chi connectivity index (χ0) is 23.7. The van der Waals surface area contributed by atoms with Crippen molar-refractivity contribution in [2.24, 2.45) is 5.18 Å². The number of esters is 1. The van der Waals surface area contributed by atoms with Crippen LogP contribution in [0.15, 0.2) is 47.6 Å². The van der Waals surface area contributed by atoms with Crippen molar-refractivity contribution in [1.29, 1.82) is 0 Å². The number of hydrogen-bond acceptors (Lipinski definition) is 8. The molecule has 32 heavy (non-hydrogen) atoms. The van der Waals surface area contributed by atoms with Crippen LogP contribution in [0.25, 0.3) is 10.8 Å². The summed E-state index contributed by atoms with van der Waals surface area (Å²) in [5, 5.41) is 7.93. The lowest BCUT2D eigenvalue weighted by atomic mass is 9.86. The summed E-state index contributed by atoms with van der Waals surface area (Å²) in [5.74, 6) is -1.35. The van der Waals surface area contributed by atoms with E-state index in [0.717, 1.165) is 24.6 Å². The normalized spacial score (nSPS) is 12.4. The molecule has 8 heteroatoms. The number of nitrogens with one attached hydrogen (secondary N) is 1. The van der Waals surface area contributed by atoms with Crippen molar-refractivity contribution >= 4 is 28.3 Å². The van der Waals surface area contributed by atoms with Crippen molar-refractivity contribution in [1.82, 2.24) is 5.32 Å². The molecule has 1 N–H and O–H groups in total. The molecular formula is C24H30N2O6. The van der Waals surface area contributed by atoms with E-state index >= 15 is 0 Å². The fourth-order valence-corrected chi connectivity index (χ4v) is 3.31. The minimum atomic E-state index is -2.05. The number of ketones is 2. The van der Waals surface area contributed by atoms with E-state index in [1.165, 1.54) is 0 Å². The van der Waals surface area contributed by atoms with Crippen LogP contribution in [-0.4, -0.2) is 48.4 Å². The Balaban J connectivity index is 2.06. The number of Topliss-reactive ketones (excluding diaryl/α,β-unsaturated/α-hetero) is 2. The van der Waals surface area contributed by atoms with Crippen LogP contribution >= 0.6 is 0 Å². The molecule has 2 rings (SSSR count). The molecule has 2 aromatic rings. The lowest BCUT2D eigenvalue weighted by Gasteiger charge is -2.23. The van der Waals surface area contributed by atoms with Gasteiger partial charge < -0.3 is 14.8 Å². The van der Waals surface area contributed by atoms with Gasteiger partial charge in [0.05, 0.1) is 0 Å². The van der Waals surface area contributed by atoms with E-state index in [9.17, 15) is 19.3 Å². The van der Waals surface area contributed by atoms with Gasteiger partial charge in [0, 0.05) is 30.8 Å². The molecule has 1 unspecified atom stereocenters. The third kappa shape index (κ3) is 6.43. The Morgan fingerprint density at radius 1 is 1.03 bits per heavy atom. The van der Waals surface area contributed by atoms with Gasteiger partial charge in [0.25, 0.3) is 0 Å². The van der Waals surface area contributed by atoms with Gasteiger partial charge in [-0.05, 0) is 30.5 Å². The van der Waals surface area contributed by atoms with E-state index in [4.69, 9.17) is 9.47 Å². The number of hydrogen-bond donors (Lipinski definition) is 1. The van der Waals surface area contributed by atoms with E-state index in [-0.39, 0.29) is 25.5 Å². The molecule has 8 nitrogen and oxygen atoms in total. The second-order valence-electron chi connectivity index (χ2n) is 8.03. The van der Waals surface area contributed by atoms with Gasteiger partial charge in [0.1, 0.15) is 18.5 Å². The summed E-state index contributed by atoms with van der Waals surface area (Å²) in [7, 11) is 0. The predicted molar refractivity (Wildman–Crippen MR) is 122 cm³/mol. The number of fused-ring (bicyclic) bond motifs is 1. The number of rotatable bonds is 13. The van der Waals surface area contributed by atoms with Gasteiger partial charge in [0.2, 0.25) is 5.54 Å². The second kappa shape index (κ2) is 11.5. The Morgan fingerprint density at radius 2 is 1.69 bits per heavy atom. The Morgan fingerprint density at radius 3 is 2.31 bits per heavy atom.